The zero-order chi connectivity index (χ0) is 14.5. The number of nitrogens with zero attached hydrogens (tertiary/aromatic N) is 1. The SMILES string of the molecule is COCc1cccc(C(CN)N2CCSC(C)C2C)c1. The first-order chi connectivity index (χ1) is 9.67. The molecule has 0 saturated carbocycles. The Morgan fingerprint density at radius 2 is 2.25 bits per heavy atom. The van der Waals surface area contributed by atoms with Crippen LogP contribution < -0.4 is 5.73 Å². The lowest BCUT2D eigenvalue weighted by molar-refractivity contribution is 0.150. The number of methoxy groups -OCH3 is 1. The maximum absolute atomic E-state index is 6.09. The number of benzene rings is 1. The summed E-state index contributed by atoms with van der Waals surface area (Å²) < 4.78 is 5.23. The second-order valence-electron chi connectivity index (χ2n) is 5.48. The third-order valence-electron chi connectivity index (χ3n) is 4.20. The summed E-state index contributed by atoms with van der Waals surface area (Å²) in [6, 6.07) is 9.52. The van der Waals surface area contributed by atoms with Gasteiger partial charge in [-0.25, -0.2) is 0 Å². The van der Waals surface area contributed by atoms with Gasteiger partial charge in [-0.2, -0.15) is 11.8 Å². The molecular formula is C16H26N2OS. The number of nitrogens with two attached hydrogens (primary N) is 1. The maximum Gasteiger partial charge on any atom is 0.0713 e. The summed E-state index contributed by atoms with van der Waals surface area (Å²) >= 11 is 2.06. The molecule has 3 atom stereocenters. The third kappa shape index (κ3) is 3.55. The van der Waals surface area contributed by atoms with Crippen molar-refractivity contribution in [3.8, 4) is 0 Å². The van der Waals surface area contributed by atoms with Gasteiger partial charge in [-0.05, 0) is 18.1 Å². The first-order valence-corrected chi connectivity index (χ1v) is 8.37. The molecule has 4 heteroatoms. The van der Waals surface area contributed by atoms with E-state index in [1.165, 1.54) is 16.9 Å². The Bertz CT molecular complexity index is 427. The maximum atomic E-state index is 6.09. The predicted octanol–water partition coefficient (Wildman–Crippen LogP) is 2.66. The lowest BCUT2D eigenvalue weighted by Crippen LogP contribution is -2.48. The van der Waals surface area contributed by atoms with Gasteiger partial charge in [-0.3, -0.25) is 4.90 Å². The van der Waals surface area contributed by atoms with Crippen molar-refractivity contribution in [1.82, 2.24) is 4.90 Å². The molecule has 2 N–H and O–H groups in total. The van der Waals surface area contributed by atoms with E-state index in [1.807, 2.05) is 0 Å². The fraction of sp³-hybridized carbons (Fsp3) is 0.625. The van der Waals surface area contributed by atoms with Crippen LogP contribution in [0.2, 0.25) is 0 Å². The monoisotopic (exact) mass is 294 g/mol. The van der Waals surface area contributed by atoms with Gasteiger partial charge in [0.15, 0.2) is 0 Å². The van der Waals surface area contributed by atoms with Gasteiger partial charge in [0.05, 0.1) is 6.61 Å². The molecule has 0 bridgehead atoms. The van der Waals surface area contributed by atoms with Crippen molar-refractivity contribution in [2.75, 3.05) is 26.0 Å². The quantitative estimate of drug-likeness (QED) is 0.906. The molecule has 0 spiro atoms. The van der Waals surface area contributed by atoms with Crippen molar-refractivity contribution in [2.24, 2.45) is 5.73 Å². The highest BCUT2D eigenvalue weighted by atomic mass is 32.2. The zero-order valence-electron chi connectivity index (χ0n) is 12.7. The van der Waals surface area contributed by atoms with Crippen molar-refractivity contribution >= 4 is 11.8 Å². The molecule has 112 valence electrons. The van der Waals surface area contributed by atoms with E-state index in [0.717, 1.165) is 6.54 Å². The van der Waals surface area contributed by atoms with Crippen LogP contribution in [0.1, 0.15) is 31.0 Å². The predicted molar refractivity (Wildman–Crippen MR) is 87.0 cm³/mol. The minimum absolute atomic E-state index is 0.310. The van der Waals surface area contributed by atoms with Crippen LogP contribution in [0.3, 0.4) is 0 Å². The van der Waals surface area contributed by atoms with E-state index in [-0.39, 0.29) is 0 Å². The van der Waals surface area contributed by atoms with Crippen LogP contribution >= 0.6 is 11.8 Å². The molecule has 3 unspecified atom stereocenters. The van der Waals surface area contributed by atoms with Gasteiger partial charge in [0, 0.05) is 43.3 Å². The fourth-order valence-electron chi connectivity index (χ4n) is 2.92. The van der Waals surface area contributed by atoms with Crippen LogP contribution in [0.15, 0.2) is 24.3 Å². The van der Waals surface area contributed by atoms with E-state index in [2.05, 4.69) is 54.8 Å². The summed E-state index contributed by atoms with van der Waals surface area (Å²) in [6.45, 7) is 7.08. The van der Waals surface area contributed by atoms with Crippen LogP contribution in [0, 0.1) is 0 Å². The molecule has 1 aromatic carbocycles. The normalized spacial score (nSPS) is 25.6. The molecule has 1 heterocycles. The van der Waals surface area contributed by atoms with E-state index in [4.69, 9.17) is 10.5 Å². The Hall–Kier alpha value is -0.550. The number of hydrogen-bond donors (Lipinski definition) is 1. The van der Waals surface area contributed by atoms with E-state index in [9.17, 15) is 0 Å². The zero-order valence-corrected chi connectivity index (χ0v) is 13.5. The van der Waals surface area contributed by atoms with Crippen molar-refractivity contribution in [3.05, 3.63) is 35.4 Å². The number of thioether (sulfide) groups is 1. The van der Waals surface area contributed by atoms with Crippen LogP contribution in [-0.2, 0) is 11.3 Å². The summed E-state index contributed by atoms with van der Waals surface area (Å²) in [5.74, 6) is 1.19. The second-order valence-corrected chi connectivity index (χ2v) is 6.97. The molecule has 1 aliphatic rings. The molecule has 0 aliphatic carbocycles. The average molecular weight is 294 g/mol. The summed E-state index contributed by atoms with van der Waals surface area (Å²) in [6.07, 6.45) is 0. The highest BCUT2D eigenvalue weighted by Gasteiger charge is 2.30. The Morgan fingerprint density at radius 3 is 2.95 bits per heavy atom. The minimum Gasteiger partial charge on any atom is -0.380 e. The van der Waals surface area contributed by atoms with E-state index < -0.39 is 0 Å². The molecule has 20 heavy (non-hydrogen) atoms. The average Bonchev–Trinajstić information content (AvgIpc) is 2.45. The van der Waals surface area contributed by atoms with Crippen molar-refractivity contribution in [2.45, 2.75) is 37.8 Å². The molecule has 3 nitrogen and oxygen atoms in total. The second kappa shape index (κ2) is 7.46. The molecule has 1 aromatic rings. The topological polar surface area (TPSA) is 38.5 Å². The van der Waals surface area contributed by atoms with Gasteiger partial charge in [-0.1, -0.05) is 31.2 Å². The van der Waals surface area contributed by atoms with Gasteiger partial charge in [0.25, 0.3) is 0 Å². The summed E-state index contributed by atoms with van der Waals surface area (Å²) in [5, 5.41) is 0.667. The van der Waals surface area contributed by atoms with E-state index in [1.54, 1.807) is 7.11 Å². The molecule has 2 rings (SSSR count). The smallest absolute Gasteiger partial charge is 0.0713 e. The molecule has 1 saturated heterocycles. The molecule has 0 aromatic heterocycles. The standard InChI is InChI=1S/C16H26N2OS/c1-12-13(2)20-8-7-18(12)16(10-17)15-6-4-5-14(9-15)11-19-3/h4-6,9,12-13,16H,7-8,10-11,17H2,1-3H3. The van der Waals surface area contributed by atoms with Crippen LogP contribution in [-0.4, -0.2) is 42.1 Å². The van der Waals surface area contributed by atoms with Gasteiger partial charge >= 0.3 is 0 Å². The Balaban J connectivity index is 2.20. The Kier molecular flexibility index (Phi) is 5.90. The van der Waals surface area contributed by atoms with Gasteiger partial charge in [0.2, 0.25) is 0 Å². The van der Waals surface area contributed by atoms with Gasteiger partial charge in [-0.15, -0.1) is 0 Å². The first-order valence-electron chi connectivity index (χ1n) is 7.32. The summed E-state index contributed by atoms with van der Waals surface area (Å²) in [5.41, 5.74) is 8.62. The van der Waals surface area contributed by atoms with E-state index in [0.29, 0.717) is 30.5 Å². The summed E-state index contributed by atoms with van der Waals surface area (Å²) in [7, 11) is 1.73. The molecule has 0 amide bonds. The van der Waals surface area contributed by atoms with Crippen molar-refractivity contribution < 1.29 is 4.74 Å². The Morgan fingerprint density at radius 1 is 1.45 bits per heavy atom. The van der Waals surface area contributed by atoms with Crippen molar-refractivity contribution in [3.63, 3.8) is 0 Å². The largest absolute Gasteiger partial charge is 0.380 e. The number of rotatable bonds is 5. The lowest BCUT2D eigenvalue weighted by atomic mass is 10.0. The highest BCUT2D eigenvalue weighted by molar-refractivity contribution is 8.00. The number of ether oxygens (including phenoxy) is 1. The molecule has 1 aliphatic heterocycles. The van der Waals surface area contributed by atoms with Gasteiger partial charge < -0.3 is 10.5 Å². The van der Waals surface area contributed by atoms with Crippen LogP contribution in [0.5, 0.6) is 0 Å². The number of hydrogen-bond acceptors (Lipinski definition) is 4. The lowest BCUT2D eigenvalue weighted by Gasteiger charge is -2.42. The molecule has 0 radical (unpaired) electrons. The minimum atomic E-state index is 0.310. The van der Waals surface area contributed by atoms with E-state index >= 15 is 0 Å². The van der Waals surface area contributed by atoms with Gasteiger partial charge in [0.1, 0.15) is 0 Å². The molecular weight excluding hydrogens is 268 g/mol. The van der Waals surface area contributed by atoms with Crippen LogP contribution in [0.25, 0.3) is 0 Å². The summed E-state index contributed by atoms with van der Waals surface area (Å²) in [4.78, 5) is 2.56. The Labute approximate surface area is 126 Å². The van der Waals surface area contributed by atoms with Crippen molar-refractivity contribution in [1.29, 1.82) is 0 Å². The highest BCUT2D eigenvalue weighted by Crippen LogP contribution is 2.31. The van der Waals surface area contributed by atoms with Crippen LogP contribution in [0.4, 0.5) is 0 Å². The third-order valence-corrected chi connectivity index (χ3v) is 5.54. The first kappa shape index (κ1) is 15.8. The molecule has 1 fully saturated rings. The fourth-order valence-corrected chi connectivity index (χ4v) is 4.04.